The summed E-state index contributed by atoms with van der Waals surface area (Å²) in [6, 6.07) is 14.0. The van der Waals surface area contributed by atoms with Gasteiger partial charge in [0.15, 0.2) is 0 Å². The Hall–Kier alpha value is -3.85. The van der Waals surface area contributed by atoms with Crippen LogP contribution in [-0.2, 0) is 24.2 Å². The van der Waals surface area contributed by atoms with Crippen LogP contribution in [0.3, 0.4) is 0 Å². The molecule has 1 aromatic carbocycles. The molecule has 6 rings (SSSR count). The second-order valence-corrected chi connectivity index (χ2v) is 11.1. The molecule has 4 aromatic rings. The highest BCUT2D eigenvalue weighted by atomic mass is 32.1. The lowest BCUT2D eigenvalue weighted by molar-refractivity contribution is -0.133. The third kappa shape index (κ3) is 4.41. The Bertz CT molecular complexity index is 1600. The van der Waals surface area contributed by atoms with E-state index in [2.05, 4.69) is 29.4 Å². The van der Waals surface area contributed by atoms with Crippen molar-refractivity contribution in [2.45, 2.75) is 65.5 Å². The second-order valence-electron chi connectivity index (χ2n) is 10.2. The van der Waals surface area contributed by atoms with E-state index in [0.29, 0.717) is 24.4 Å². The highest BCUT2D eigenvalue weighted by Crippen LogP contribution is 2.34. The van der Waals surface area contributed by atoms with Crippen molar-refractivity contribution >= 4 is 23.0 Å². The Kier molecular flexibility index (Phi) is 6.31. The van der Waals surface area contributed by atoms with Gasteiger partial charge < -0.3 is 0 Å². The molecule has 2 aliphatic rings. The Labute approximate surface area is 225 Å². The molecule has 0 bridgehead atoms. The topological polar surface area (TPSA) is 85.4 Å². The van der Waals surface area contributed by atoms with Crippen LogP contribution < -0.4 is 5.56 Å². The number of aromatic nitrogens is 4. The van der Waals surface area contributed by atoms with Gasteiger partial charge in [0.25, 0.3) is 11.5 Å². The van der Waals surface area contributed by atoms with Crippen molar-refractivity contribution in [3.8, 4) is 5.95 Å². The number of hydrogen-bond donors (Lipinski definition) is 0. The van der Waals surface area contributed by atoms with Crippen molar-refractivity contribution in [1.29, 1.82) is 0 Å². The first kappa shape index (κ1) is 24.5. The van der Waals surface area contributed by atoms with Gasteiger partial charge in [-0.05, 0) is 69.5 Å². The highest BCUT2D eigenvalue weighted by Gasteiger charge is 2.34. The number of benzene rings is 1. The molecule has 194 valence electrons. The summed E-state index contributed by atoms with van der Waals surface area (Å²) in [5.41, 5.74) is 6.14. The van der Waals surface area contributed by atoms with Gasteiger partial charge in [0, 0.05) is 17.7 Å². The highest BCUT2D eigenvalue weighted by molar-refractivity contribution is 7.12. The fraction of sp³-hybridized carbons (Fsp3) is 0.345. The van der Waals surface area contributed by atoms with Crippen LogP contribution in [0.15, 0.2) is 57.7 Å². The third-order valence-electron chi connectivity index (χ3n) is 7.34. The number of carbonyl (C=O) groups excluding carboxylic acids is 1. The first-order chi connectivity index (χ1) is 18.4. The van der Waals surface area contributed by atoms with Crippen LogP contribution in [0.2, 0.25) is 0 Å². The van der Waals surface area contributed by atoms with E-state index in [1.807, 2.05) is 44.4 Å². The molecular weight excluding hydrogens is 496 g/mol. The number of fused-ring (bicyclic) bond motifs is 1. The summed E-state index contributed by atoms with van der Waals surface area (Å²) in [5.74, 6) is 0.146. The van der Waals surface area contributed by atoms with Gasteiger partial charge in [-0.25, -0.2) is 14.7 Å². The van der Waals surface area contributed by atoms with Gasteiger partial charge in [0.2, 0.25) is 5.95 Å². The molecule has 9 heteroatoms. The number of nitrogens with zero attached hydrogens (tertiary/aromatic N) is 6. The smallest absolute Gasteiger partial charge is 0.263 e. The maximum Gasteiger partial charge on any atom is 0.263 e. The minimum absolute atomic E-state index is 0.154. The van der Waals surface area contributed by atoms with E-state index in [-0.39, 0.29) is 24.1 Å². The van der Waals surface area contributed by atoms with Gasteiger partial charge in [0.05, 0.1) is 28.0 Å². The molecule has 38 heavy (non-hydrogen) atoms. The molecular formula is C29H30N6O2S. The molecule has 1 aliphatic carbocycles. The standard InChI is InChI=1S/C29H30N6O2S/c1-18-10-12-21(13-11-18)25-16-24(26-9-6-14-38-26)32-35(25)27(36)17-33-28(37)22-7-4-5-8-23(22)30-29(33)34-20(3)15-19(2)31-34/h6,9-15,25H,4-5,7-8,16-17H2,1-3H3. The normalized spacial score (nSPS) is 17.0. The van der Waals surface area contributed by atoms with Crippen molar-refractivity contribution in [3.05, 3.63) is 96.8 Å². The van der Waals surface area contributed by atoms with E-state index in [0.717, 1.165) is 58.1 Å². The molecule has 0 N–H and O–H groups in total. The molecule has 1 atom stereocenters. The van der Waals surface area contributed by atoms with Gasteiger partial charge in [-0.1, -0.05) is 35.9 Å². The zero-order valence-corrected chi connectivity index (χ0v) is 22.7. The molecule has 8 nitrogen and oxygen atoms in total. The first-order valence-corrected chi connectivity index (χ1v) is 13.9. The van der Waals surface area contributed by atoms with Crippen LogP contribution in [0.1, 0.15) is 64.0 Å². The predicted octanol–water partition coefficient (Wildman–Crippen LogP) is 4.67. The lowest BCUT2D eigenvalue weighted by atomic mass is 9.97. The number of rotatable bonds is 5. The van der Waals surface area contributed by atoms with Crippen LogP contribution in [0, 0.1) is 20.8 Å². The van der Waals surface area contributed by atoms with Gasteiger partial charge in [-0.15, -0.1) is 11.3 Å². The van der Waals surface area contributed by atoms with Crippen LogP contribution >= 0.6 is 11.3 Å². The second kappa shape index (κ2) is 9.79. The maximum atomic E-state index is 14.0. The number of carbonyl (C=O) groups is 1. The molecule has 0 radical (unpaired) electrons. The number of thiophene rings is 1. The summed E-state index contributed by atoms with van der Waals surface area (Å²) in [7, 11) is 0. The predicted molar refractivity (Wildman–Crippen MR) is 148 cm³/mol. The Balaban J connectivity index is 1.42. The Morgan fingerprint density at radius 2 is 1.87 bits per heavy atom. The minimum Gasteiger partial charge on any atom is -0.271 e. The average Bonchev–Trinajstić information content (AvgIpc) is 3.66. The van der Waals surface area contributed by atoms with Crippen LogP contribution in [0.25, 0.3) is 5.95 Å². The fourth-order valence-electron chi connectivity index (χ4n) is 5.40. The summed E-state index contributed by atoms with van der Waals surface area (Å²) in [4.78, 5) is 33.7. The van der Waals surface area contributed by atoms with Crippen molar-refractivity contribution in [2.75, 3.05) is 0 Å². The van der Waals surface area contributed by atoms with E-state index >= 15 is 0 Å². The molecule has 4 heterocycles. The Morgan fingerprint density at radius 1 is 1.08 bits per heavy atom. The zero-order valence-electron chi connectivity index (χ0n) is 21.8. The summed E-state index contributed by atoms with van der Waals surface area (Å²) >= 11 is 1.61. The van der Waals surface area contributed by atoms with E-state index in [1.54, 1.807) is 21.0 Å². The molecule has 1 unspecified atom stereocenters. The minimum atomic E-state index is -0.246. The summed E-state index contributed by atoms with van der Waals surface area (Å²) < 4.78 is 3.18. The first-order valence-electron chi connectivity index (χ1n) is 13.1. The van der Waals surface area contributed by atoms with E-state index in [4.69, 9.17) is 10.1 Å². The number of hydrogen-bond acceptors (Lipinski definition) is 6. The number of hydrazone groups is 1. The molecule has 0 fully saturated rings. The molecule has 0 spiro atoms. The van der Waals surface area contributed by atoms with Gasteiger partial charge >= 0.3 is 0 Å². The fourth-order valence-corrected chi connectivity index (χ4v) is 6.12. The average molecular weight is 527 g/mol. The van der Waals surface area contributed by atoms with Gasteiger partial charge in [-0.3, -0.25) is 14.2 Å². The van der Waals surface area contributed by atoms with Crippen molar-refractivity contribution in [1.82, 2.24) is 24.3 Å². The van der Waals surface area contributed by atoms with E-state index in [9.17, 15) is 9.59 Å². The third-order valence-corrected chi connectivity index (χ3v) is 8.26. The largest absolute Gasteiger partial charge is 0.271 e. The SMILES string of the molecule is Cc1ccc(C2CC(c3cccs3)=NN2C(=O)Cn2c(-n3nc(C)cc3C)nc3c(c2=O)CCCC3)cc1. The van der Waals surface area contributed by atoms with Gasteiger partial charge in [0.1, 0.15) is 6.54 Å². The summed E-state index contributed by atoms with van der Waals surface area (Å²) in [5, 5.41) is 13.0. The number of aryl methyl sites for hydroxylation is 4. The maximum absolute atomic E-state index is 14.0. The van der Waals surface area contributed by atoms with Crippen molar-refractivity contribution < 1.29 is 4.79 Å². The monoisotopic (exact) mass is 526 g/mol. The van der Waals surface area contributed by atoms with Crippen molar-refractivity contribution in [3.63, 3.8) is 0 Å². The lowest BCUT2D eigenvalue weighted by Gasteiger charge is -2.24. The van der Waals surface area contributed by atoms with Crippen LogP contribution in [-0.4, -0.2) is 36.0 Å². The van der Waals surface area contributed by atoms with Crippen molar-refractivity contribution in [2.24, 2.45) is 5.10 Å². The molecule has 0 saturated heterocycles. The molecule has 3 aromatic heterocycles. The van der Waals surface area contributed by atoms with E-state index < -0.39 is 0 Å². The zero-order chi connectivity index (χ0) is 26.4. The quantitative estimate of drug-likeness (QED) is 0.378. The molecule has 0 saturated carbocycles. The van der Waals surface area contributed by atoms with Gasteiger partial charge in [-0.2, -0.15) is 10.2 Å². The Morgan fingerprint density at radius 3 is 2.58 bits per heavy atom. The lowest BCUT2D eigenvalue weighted by Crippen LogP contribution is -2.38. The van der Waals surface area contributed by atoms with E-state index in [1.165, 1.54) is 4.57 Å². The number of amides is 1. The molecule has 1 aliphatic heterocycles. The van der Waals surface area contributed by atoms with Crippen LogP contribution in [0.4, 0.5) is 0 Å². The summed E-state index contributed by atoms with van der Waals surface area (Å²) in [6.07, 6.45) is 4.03. The molecule has 1 amide bonds. The van der Waals surface area contributed by atoms with Crippen LogP contribution in [0.5, 0.6) is 0 Å². The summed E-state index contributed by atoms with van der Waals surface area (Å²) in [6.45, 7) is 5.73.